The monoisotopic (exact) mass is 405 g/mol. The molecule has 0 spiro atoms. The third-order valence-corrected chi connectivity index (χ3v) is 7.93. The first-order valence-electron chi connectivity index (χ1n) is 12.9. The second kappa shape index (κ2) is 13.0. The topological polar surface area (TPSA) is 23.8 Å². The first-order valence-corrected chi connectivity index (χ1v) is 12.9. The van der Waals surface area contributed by atoms with Crippen molar-refractivity contribution in [3.63, 3.8) is 0 Å². The van der Waals surface area contributed by atoms with E-state index in [0.29, 0.717) is 5.92 Å². The molecule has 0 amide bonds. The average molecular weight is 406 g/mol. The number of nitriles is 1. The maximum absolute atomic E-state index is 8.67. The second-order valence-electron chi connectivity index (χ2n) is 10.1. The van der Waals surface area contributed by atoms with Gasteiger partial charge in [0.1, 0.15) is 0 Å². The van der Waals surface area contributed by atoms with Crippen molar-refractivity contribution >= 4 is 0 Å². The molecule has 2 aliphatic carbocycles. The summed E-state index contributed by atoms with van der Waals surface area (Å²) in [7, 11) is 0. The molecule has 0 heterocycles. The molecule has 0 bridgehead atoms. The summed E-state index contributed by atoms with van der Waals surface area (Å²) in [6, 6.07) is 11.7. The Balaban J connectivity index is 1.27. The molecular weight excluding hydrogens is 362 g/mol. The fraction of sp³-hybridized carbons (Fsp3) is 0.690. The highest BCUT2D eigenvalue weighted by molar-refractivity contribution is 5.26. The Kier molecular flexibility index (Phi) is 10.0. The van der Waals surface area contributed by atoms with E-state index in [9.17, 15) is 0 Å². The van der Waals surface area contributed by atoms with Crippen molar-refractivity contribution in [3.05, 3.63) is 47.5 Å². The quantitative estimate of drug-likeness (QED) is 0.282. The molecule has 1 nitrogen and oxygen atoms in total. The molecule has 0 unspecified atom stereocenters. The van der Waals surface area contributed by atoms with Crippen molar-refractivity contribution in [1.82, 2.24) is 0 Å². The molecule has 0 radical (unpaired) electrons. The summed E-state index contributed by atoms with van der Waals surface area (Å²) in [5.74, 6) is 3.42. The minimum atomic E-state index is 0.670. The second-order valence-corrected chi connectivity index (χ2v) is 10.1. The van der Waals surface area contributed by atoms with Crippen molar-refractivity contribution in [2.24, 2.45) is 17.8 Å². The Morgan fingerprint density at radius 1 is 0.833 bits per heavy atom. The maximum Gasteiger partial charge on any atom is 0.0908 e. The molecular formula is C29H43N. The van der Waals surface area contributed by atoms with Crippen LogP contribution in [0.25, 0.3) is 0 Å². The largest absolute Gasteiger partial charge is 0.193 e. The molecule has 1 aromatic rings. The Hall–Kier alpha value is -1.55. The van der Waals surface area contributed by atoms with Crippen LogP contribution in [-0.4, -0.2) is 0 Å². The van der Waals surface area contributed by atoms with Gasteiger partial charge in [0.05, 0.1) is 6.07 Å². The van der Waals surface area contributed by atoms with Crippen LogP contribution >= 0.6 is 0 Å². The predicted molar refractivity (Wildman–Crippen MR) is 128 cm³/mol. The molecule has 0 aliphatic heterocycles. The number of rotatable bonds is 10. The van der Waals surface area contributed by atoms with E-state index in [1.54, 1.807) is 11.6 Å². The van der Waals surface area contributed by atoms with Gasteiger partial charge < -0.3 is 0 Å². The van der Waals surface area contributed by atoms with Crippen LogP contribution in [0, 0.1) is 29.1 Å². The average Bonchev–Trinajstić information content (AvgIpc) is 2.81. The highest BCUT2D eigenvalue weighted by Crippen LogP contribution is 2.38. The molecule has 0 aromatic heterocycles. The molecule has 2 saturated carbocycles. The van der Waals surface area contributed by atoms with Crippen molar-refractivity contribution in [3.8, 4) is 6.07 Å². The number of allylic oxidation sites excluding steroid dienone is 2. The number of benzene rings is 1. The molecule has 1 aromatic carbocycles. The van der Waals surface area contributed by atoms with Crippen LogP contribution in [0.15, 0.2) is 36.4 Å². The van der Waals surface area contributed by atoms with E-state index in [4.69, 9.17) is 5.26 Å². The highest BCUT2D eigenvalue weighted by Gasteiger charge is 2.23. The lowest BCUT2D eigenvalue weighted by Crippen LogP contribution is -2.14. The van der Waals surface area contributed by atoms with Gasteiger partial charge in [-0.15, -0.1) is 0 Å². The number of hydrogen-bond acceptors (Lipinski definition) is 1. The van der Waals surface area contributed by atoms with Gasteiger partial charge in [-0.1, -0.05) is 69.4 Å². The van der Waals surface area contributed by atoms with Crippen LogP contribution in [0.5, 0.6) is 0 Å². The lowest BCUT2D eigenvalue weighted by Gasteiger charge is -2.29. The molecule has 30 heavy (non-hydrogen) atoms. The zero-order chi connectivity index (χ0) is 21.0. The fourth-order valence-electron chi connectivity index (χ4n) is 5.84. The third-order valence-electron chi connectivity index (χ3n) is 7.93. The van der Waals surface area contributed by atoms with Gasteiger partial charge in [-0.05, 0) is 99.0 Å². The molecule has 0 saturated heterocycles. The lowest BCUT2D eigenvalue weighted by atomic mass is 9.76. The van der Waals surface area contributed by atoms with Gasteiger partial charge in [0.25, 0.3) is 0 Å². The number of aryl methyl sites for hydroxylation is 1. The minimum absolute atomic E-state index is 0.670. The summed E-state index contributed by atoms with van der Waals surface area (Å²) in [6.45, 7) is 2.27. The molecule has 164 valence electrons. The Morgan fingerprint density at radius 2 is 1.43 bits per heavy atom. The summed E-state index contributed by atoms with van der Waals surface area (Å²) >= 11 is 0. The van der Waals surface area contributed by atoms with Gasteiger partial charge in [0.2, 0.25) is 0 Å². The first-order chi connectivity index (χ1) is 14.8. The molecule has 0 N–H and O–H groups in total. The predicted octanol–water partition coefficient (Wildman–Crippen LogP) is 8.75. The Morgan fingerprint density at radius 3 is 2.00 bits per heavy atom. The maximum atomic E-state index is 8.67. The van der Waals surface area contributed by atoms with Crippen LogP contribution in [-0.2, 0) is 6.42 Å². The SMILES string of the molecule is CCCCc1ccc(C2CCC(CCCCC3CCC(/C=C/C#N)CC3)CC2)cc1. The van der Waals surface area contributed by atoms with Crippen molar-refractivity contribution < 1.29 is 0 Å². The van der Waals surface area contributed by atoms with Crippen molar-refractivity contribution in [2.45, 2.75) is 109 Å². The van der Waals surface area contributed by atoms with Crippen LogP contribution in [0.4, 0.5) is 0 Å². The van der Waals surface area contributed by atoms with E-state index in [1.807, 2.05) is 0 Å². The third kappa shape index (κ3) is 7.61. The highest BCUT2D eigenvalue weighted by atomic mass is 14.3. The van der Waals surface area contributed by atoms with Gasteiger partial charge >= 0.3 is 0 Å². The van der Waals surface area contributed by atoms with Crippen molar-refractivity contribution in [2.75, 3.05) is 0 Å². The van der Waals surface area contributed by atoms with Crippen LogP contribution in [0.2, 0.25) is 0 Å². The zero-order valence-electron chi connectivity index (χ0n) is 19.3. The summed E-state index contributed by atoms with van der Waals surface area (Å²) < 4.78 is 0. The van der Waals surface area contributed by atoms with E-state index >= 15 is 0 Å². The van der Waals surface area contributed by atoms with Gasteiger partial charge in [0, 0.05) is 6.08 Å². The number of hydrogen-bond donors (Lipinski definition) is 0. The summed E-state index contributed by atoms with van der Waals surface area (Å²) in [5, 5.41) is 8.67. The first kappa shape index (κ1) is 23.1. The summed E-state index contributed by atoms with van der Waals surface area (Å²) in [5.41, 5.74) is 3.11. The Bertz CT molecular complexity index is 649. The van der Waals surface area contributed by atoms with Crippen LogP contribution < -0.4 is 0 Å². The zero-order valence-corrected chi connectivity index (χ0v) is 19.3. The van der Waals surface area contributed by atoms with Gasteiger partial charge in [-0.3, -0.25) is 0 Å². The van der Waals surface area contributed by atoms with Gasteiger partial charge in [0.15, 0.2) is 0 Å². The summed E-state index contributed by atoms with van der Waals surface area (Å²) in [6.07, 6.45) is 24.5. The summed E-state index contributed by atoms with van der Waals surface area (Å²) in [4.78, 5) is 0. The van der Waals surface area contributed by atoms with E-state index in [-0.39, 0.29) is 0 Å². The van der Waals surface area contributed by atoms with E-state index in [0.717, 1.165) is 17.8 Å². The van der Waals surface area contributed by atoms with E-state index in [2.05, 4.69) is 43.3 Å². The van der Waals surface area contributed by atoms with E-state index < -0.39 is 0 Å². The molecule has 3 rings (SSSR count). The lowest BCUT2D eigenvalue weighted by molar-refractivity contribution is 0.273. The van der Waals surface area contributed by atoms with Gasteiger partial charge in [-0.2, -0.15) is 5.26 Å². The van der Waals surface area contributed by atoms with Gasteiger partial charge in [-0.25, -0.2) is 0 Å². The number of unbranched alkanes of at least 4 members (excludes halogenated alkanes) is 2. The van der Waals surface area contributed by atoms with Crippen LogP contribution in [0.3, 0.4) is 0 Å². The fourth-order valence-corrected chi connectivity index (χ4v) is 5.84. The van der Waals surface area contributed by atoms with Crippen molar-refractivity contribution in [1.29, 1.82) is 5.26 Å². The molecule has 2 aliphatic rings. The number of nitrogens with zero attached hydrogens (tertiary/aromatic N) is 1. The Labute approximate surface area is 186 Å². The minimum Gasteiger partial charge on any atom is -0.193 e. The smallest absolute Gasteiger partial charge is 0.0908 e. The molecule has 1 heteroatoms. The molecule has 0 atom stereocenters. The van der Waals surface area contributed by atoms with E-state index in [1.165, 1.54) is 102 Å². The van der Waals surface area contributed by atoms with Crippen LogP contribution in [0.1, 0.15) is 114 Å². The standard InChI is InChI=1S/C29H43N/c1-2-3-7-24-15-19-28(20-16-24)29-21-17-26(18-22-29)9-5-4-8-25-11-13-27(14-12-25)10-6-23-30/h6,10,15-16,19-20,25-27,29H,2-5,7-9,11-14,17-18,21-22H2,1H3/b10-6+. The molecule has 2 fully saturated rings. The normalized spacial score (nSPS) is 27.2.